The van der Waals surface area contributed by atoms with E-state index in [0.717, 1.165) is 18.8 Å². The zero-order valence-electron chi connectivity index (χ0n) is 7.21. The summed E-state index contributed by atoms with van der Waals surface area (Å²) in [4.78, 5) is 0. The highest BCUT2D eigenvalue weighted by Crippen LogP contribution is 2.27. The lowest BCUT2D eigenvalue weighted by Crippen LogP contribution is -2.04. The third kappa shape index (κ3) is 1.18. The van der Waals surface area contributed by atoms with E-state index in [1.807, 2.05) is 19.1 Å². The molecule has 0 spiro atoms. The van der Waals surface area contributed by atoms with Crippen LogP contribution in [-0.2, 0) is 6.42 Å². The van der Waals surface area contributed by atoms with Gasteiger partial charge in [-0.2, -0.15) is 0 Å². The molecular formula is C10H13NO. The summed E-state index contributed by atoms with van der Waals surface area (Å²) in [6, 6.07) is 6.32. The summed E-state index contributed by atoms with van der Waals surface area (Å²) >= 11 is 0. The van der Waals surface area contributed by atoms with Crippen molar-refractivity contribution in [3.05, 3.63) is 29.3 Å². The third-order valence-electron chi connectivity index (χ3n) is 2.24. The quantitative estimate of drug-likeness (QED) is 0.683. The SMILES string of the molecule is CC(N)c1ccc2c(c1)CCO2. The second-order valence-electron chi connectivity index (χ2n) is 3.25. The highest BCUT2D eigenvalue weighted by molar-refractivity contribution is 5.40. The molecule has 0 saturated carbocycles. The smallest absolute Gasteiger partial charge is 0.122 e. The monoisotopic (exact) mass is 163 g/mol. The van der Waals surface area contributed by atoms with E-state index in [0.29, 0.717) is 0 Å². The molecule has 1 aliphatic rings. The molecule has 1 aromatic rings. The molecular weight excluding hydrogens is 150 g/mol. The van der Waals surface area contributed by atoms with Crippen LogP contribution in [0.5, 0.6) is 5.75 Å². The van der Waals surface area contributed by atoms with E-state index in [4.69, 9.17) is 10.5 Å². The Kier molecular flexibility index (Phi) is 1.77. The highest BCUT2D eigenvalue weighted by Gasteiger charge is 2.12. The first kappa shape index (κ1) is 7.62. The lowest BCUT2D eigenvalue weighted by molar-refractivity contribution is 0.357. The zero-order chi connectivity index (χ0) is 8.55. The van der Waals surface area contributed by atoms with Gasteiger partial charge in [-0.05, 0) is 24.1 Å². The molecule has 12 heavy (non-hydrogen) atoms. The average molecular weight is 163 g/mol. The van der Waals surface area contributed by atoms with Gasteiger partial charge in [0.2, 0.25) is 0 Å². The minimum Gasteiger partial charge on any atom is -0.493 e. The standard InChI is InChI=1S/C10H13NO/c1-7(11)8-2-3-10-9(6-8)4-5-12-10/h2-3,6-7H,4-5,11H2,1H3. The van der Waals surface area contributed by atoms with Gasteiger partial charge in [0.05, 0.1) is 6.61 Å². The molecule has 64 valence electrons. The summed E-state index contributed by atoms with van der Waals surface area (Å²) < 4.78 is 5.39. The van der Waals surface area contributed by atoms with Crippen LogP contribution in [0.2, 0.25) is 0 Å². The van der Waals surface area contributed by atoms with Gasteiger partial charge in [-0.3, -0.25) is 0 Å². The predicted octanol–water partition coefficient (Wildman–Crippen LogP) is 1.64. The number of nitrogens with two attached hydrogens (primary N) is 1. The lowest BCUT2D eigenvalue weighted by Gasteiger charge is -2.06. The van der Waals surface area contributed by atoms with Crippen molar-refractivity contribution in [2.75, 3.05) is 6.61 Å². The molecule has 1 aliphatic heterocycles. The predicted molar refractivity (Wildman–Crippen MR) is 48.2 cm³/mol. The van der Waals surface area contributed by atoms with Gasteiger partial charge in [0.1, 0.15) is 5.75 Å². The fourth-order valence-corrected chi connectivity index (χ4v) is 1.49. The first-order valence-corrected chi connectivity index (χ1v) is 4.28. The van der Waals surface area contributed by atoms with Gasteiger partial charge in [0, 0.05) is 12.5 Å². The summed E-state index contributed by atoms with van der Waals surface area (Å²) in [5, 5.41) is 0. The number of benzene rings is 1. The van der Waals surface area contributed by atoms with Crippen LogP contribution in [0.1, 0.15) is 24.1 Å². The van der Waals surface area contributed by atoms with E-state index >= 15 is 0 Å². The molecule has 1 atom stereocenters. The molecule has 0 bridgehead atoms. The van der Waals surface area contributed by atoms with Crippen molar-refractivity contribution in [1.82, 2.24) is 0 Å². The molecule has 1 heterocycles. The largest absolute Gasteiger partial charge is 0.493 e. The molecule has 1 aromatic carbocycles. The average Bonchev–Trinajstić information content (AvgIpc) is 2.49. The van der Waals surface area contributed by atoms with Crippen molar-refractivity contribution in [1.29, 1.82) is 0 Å². The summed E-state index contributed by atoms with van der Waals surface area (Å²) in [5.74, 6) is 1.03. The Labute approximate surface area is 72.3 Å². The Balaban J connectivity index is 2.39. The molecule has 0 aliphatic carbocycles. The Morgan fingerprint density at radius 3 is 3.08 bits per heavy atom. The van der Waals surface area contributed by atoms with E-state index in [2.05, 4.69) is 6.07 Å². The van der Waals surface area contributed by atoms with Crippen LogP contribution in [-0.4, -0.2) is 6.61 Å². The van der Waals surface area contributed by atoms with Crippen molar-refractivity contribution in [3.63, 3.8) is 0 Å². The van der Waals surface area contributed by atoms with Gasteiger partial charge in [-0.1, -0.05) is 12.1 Å². The molecule has 0 saturated heterocycles. The first-order chi connectivity index (χ1) is 5.77. The fraction of sp³-hybridized carbons (Fsp3) is 0.400. The first-order valence-electron chi connectivity index (χ1n) is 4.28. The number of ether oxygens (including phenoxy) is 1. The van der Waals surface area contributed by atoms with Crippen LogP contribution in [0.15, 0.2) is 18.2 Å². The van der Waals surface area contributed by atoms with Crippen molar-refractivity contribution in [3.8, 4) is 5.75 Å². The molecule has 0 amide bonds. The van der Waals surface area contributed by atoms with Gasteiger partial charge in [0.15, 0.2) is 0 Å². The van der Waals surface area contributed by atoms with Gasteiger partial charge in [-0.15, -0.1) is 0 Å². The maximum absolute atomic E-state index is 5.77. The van der Waals surface area contributed by atoms with E-state index < -0.39 is 0 Å². The molecule has 2 N–H and O–H groups in total. The van der Waals surface area contributed by atoms with Crippen LogP contribution in [0.25, 0.3) is 0 Å². The Bertz CT molecular complexity index is 294. The number of rotatable bonds is 1. The Hall–Kier alpha value is -1.02. The second-order valence-corrected chi connectivity index (χ2v) is 3.25. The van der Waals surface area contributed by atoms with Crippen molar-refractivity contribution in [2.24, 2.45) is 5.73 Å². The summed E-state index contributed by atoms with van der Waals surface area (Å²) in [7, 11) is 0. The number of fused-ring (bicyclic) bond motifs is 1. The van der Waals surface area contributed by atoms with Crippen LogP contribution in [0.4, 0.5) is 0 Å². The second kappa shape index (κ2) is 2.79. The van der Waals surface area contributed by atoms with Crippen molar-refractivity contribution >= 4 is 0 Å². The van der Waals surface area contributed by atoms with Crippen LogP contribution in [0, 0.1) is 0 Å². The molecule has 1 unspecified atom stereocenters. The molecule has 2 heteroatoms. The zero-order valence-corrected chi connectivity index (χ0v) is 7.21. The lowest BCUT2D eigenvalue weighted by atomic mass is 10.0. The molecule has 0 radical (unpaired) electrons. The summed E-state index contributed by atoms with van der Waals surface area (Å²) in [6.07, 6.45) is 1.02. The third-order valence-corrected chi connectivity index (χ3v) is 2.24. The number of hydrogen-bond donors (Lipinski definition) is 1. The van der Waals surface area contributed by atoms with E-state index in [1.165, 1.54) is 11.1 Å². The van der Waals surface area contributed by atoms with Crippen LogP contribution in [0.3, 0.4) is 0 Å². The molecule has 2 nitrogen and oxygen atoms in total. The molecule has 2 rings (SSSR count). The van der Waals surface area contributed by atoms with Gasteiger partial charge < -0.3 is 10.5 Å². The minimum atomic E-state index is 0.121. The normalized spacial score (nSPS) is 16.8. The Morgan fingerprint density at radius 2 is 2.33 bits per heavy atom. The number of hydrogen-bond acceptors (Lipinski definition) is 2. The van der Waals surface area contributed by atoms with E-state index in [9.17, 15) is 0 Å². The molecule has 0 aromatic heterocycles. The van der Waals surface area contributed by atoms with Crippen molar-refractivity contribution in [2.45, 2.75) is 19.4 Å². The van der Waals surface area contributed by atoms with Gasteiger partial charge in [0.25, 0.3) is 0 Å². The topological polar surface area (TPSA) is 35.2 Å². The van der Waals surface area contributed by atoms with Crippen LogP contribution >= 0.6 is 0 Å². The van der Waals surface area contributed by atoms with Crippen LogP contribution < -0.4 is 10.5 Å². The summed E-state index contributed by atoms with van der Waals surface area (Å²) in [6.45, 7) is 2.81. The maximum atomic E-state index is 5.77. The minimum absolute atomic E-state index is 0.121. The summed E-state index contributed by atoms with van der Waals surface area (Å²) in [5.41, 5.74) is 8.26. The van der Waals surface area contributed by atoms with E-state index in [1.54, 1.807) is 0 Å². The van der Waals surface area contributed by atoms with E-state index in [-0.39, 0.29) is 6.04 Å². The van der Waals surface area contributed by atoms with Gasteiger partial charge >= 0.3 is 0 Å². The molecule has 0 fully saturated rings. The Morgan fingerprint density at radius 1 is 1.50 bits per heavy atom. The maximum Gasteiger partial charge on any atom is 0.122 e. The highest BCUT2D eigenvalue weighted by atomic mass is 16.5. The fourth-order valence-electron chi connectivity index (χ4n) is 1.49. The van der Waals surface area contributed by atoms with Gasteiger partial charge in [-0.25, -0.2) is 0 Å². The van der Waals surface area contributed by atoms with Crippen molar-refractivity contribution < 1.29 is 4.74 Å².